The van der Waals surface area contributed by atoms with Crippen LogP contribution in [0.1, 0.15) is 37.6 Å². The molecule has 1 unspecified atom stereocenters. The van der Waals surface area contributed by atoms with Gasteiger partial charge in [0.25, 0.3) is 0 Å². The number of pyridine rings is 1. The van der Waals surface area contributed by atoms with Gasteiger partial charge in [-0.2, -0.15) is 0 Å². The first-order valence-corrected chi connectivity index (χ1v) is 9.03. The highest BCUT2D eigenvalue weighted by Gasteiger charge is 2.04. The van der Waals surface area contributed by atoms with E-state index in [1.54, 1.807) is 0 Å². The number of rotatable bonds is 7. The van der Waals surface area contributed by atoms with Crippen molar-refractivity contribution in [2.75, 3.05) is 6.54 Å². The molecule has 0 radical (unpaired) electrons. The fourth-order valence-corrected chi connectivity index (χ4v) is 3.03. The van der Waals surface area contributed by atoms with Crippen LogP contribution in [0.15, 0.2) is 52.0 Å². The quantitative estimate of drug-likeness (QED) is 0.683. The highest BCUT2D eigenvalue weighted by molar-refractivity contribution is 9.10. The Labute approximate surface area is 139 Å². The third-order valence-electron chi connectivity index (χ3n) is 3.26. The second-order valence-electron chi connectivity index (χ2n) is 5.00. The molecule has 1 aromatic carbocycles. The van der Waals surface area contributed by atoms with Crippen molar-refractivity contribution in [1.82, 2.24) is 10.3 Å². The van der Waals surface area contributed by atoms with Gasteiger partial charge in [-0.3, -0.25) is 4.98 Å². The Balaban J connectivity index is 1.88. The third-order valence-corrected chi connectivity index (χ3v) is 4.77. The van der Waals surface area contributed by atoms with E-state index in [2.05, 4.69) is 70.4 Å². The predicted octanol–water partition coefficient (Wildman–Crippen LogP) is 5.20. The average Bonchev–Trinajstić information content (AvgIpc) is 2.52. The fourth-order valence-electron chi connectivity index (χ4n) is 1.98. The average molecular weight is 365 g/mol. The Morgan fingerprint density at radius 3 is 2.57 bits per heavy atom. The van der Waals surface area contributed by atoms with Crippen LogP contribution < -0.4 is 5.32 Å². The van der Waals surface area contributed by atoms with E-state index >= 15 is 0 Å². The van der Waals surface area contributed by atoms with E-state index in [1.807, 2.05) is 24.0 Å². The van der Waals surface area contributed by atoms with Gasteiger partial charge in [-0.1, -0.05) is 19.1 Å². The zero-order valence-corrected chi connectivity index (χ0v) is 14.9. The largest absolute Gasteiger partial charge is 0.310 e. The second-order valence-corrected chi connectivity index (χ2v) is 6.97. The molecule has 2 nitrogen and oxygen atoms in total. The molecule has 21 heavy (non-hydrogen) atoms. The van der Waals surface area contributed by atoms with Crippen LogP contribution in [-0.2, 0) is 5.75 Å². The van der Waals surface area contributed by atoms with Crippen LogP contribution in [0.3, 0.4) is 0 Å². The van der Waals surface area contributed by atoms with Crippen molar-refractivity contribution in [1.29, 1.82) is 0 Å². The normalized spacial score (nSPS) is 12.3. The van der Waals surface area contributed by atoms with Gasteiger partial charge in [0.1, 0.15) is 0 Å². The van der Waals surface area contributed by atoms with E-state index < -0.39 is 0 Å². The standard InChI is InChI=1S/C17H21BrN2S/c1-3-10-19-13(2)14-4-8-17(9-5-14)21-12-16-7-6-15(18)11-20-16/h4-9,11,13,19H,3,10,12H2,1-2H3. The number of benzene rings is 1. The molecule has 112 valence electrons. The van der Waals surface area contributed by atoms with E-state index in [9.17, 15) is 0 Å². The lowest BCUT2D eigenvalue weighted by atomic mass is 10.1. The maximum atomic E-state index is 4.40. The summed E-state index contributed by atoms with van der Waals surface area (Å²) in [5.74, 6) is 0.899. The summed E-state index contributed by atoms with van der Waals surface area (Å²) in [5.41, 5.74) is 2.44. The number of nitrogens with one attached hydrogen (secondary N) is 1. The summed E-state index contributed by atoms with van der Waals surface area (Å²) in [6.45, 7) is 5.46. The first-order chi connectivity index (χ1) is 10.2. The van der Waals surface area contributed by atoms with Gasteiger partial charge >= 0.3 is 0 Å². The van der Waals surface area contributed by atoms with Gasteiger partial charge in [0.15, 0.2) is 0 Å². The van der Waals surface area contributed by atoms with E-state index in [0.717, 1.165) is 22.5 Å². The molecular weight excluding hydrogens is 344 g/mol. The smallest absolute Gasteiger partial charge is 0.0507 e. The molecule has 2 rings (SSSR count). The zero-order valence-electron chi connectivity index (χ0n) is 12.5. The van der Waals surface area contributed by atoms with Crippen LogP contribution in [0.4, 0.5) is 0 Å². The van der Waals surface area contributed by atoms with Gasteiger partial charge in [0.05, 0.1) is 5.69 Å². The molecule has 0 spiro atoms. The number of halogens is 1. The monoisotopic (exact) mass is 364 g/mol. The topological polar surface area (TPSA) is 24.9 Å². The Hall–Kier alpha value is -0.840. The lowest BCUT2D eigenvalue weighted by Gasteiger charge is -2.14. The minimum absolute atomic E-state index is 0.414. The van der Waals surface area contributed by atoms with Gasteiger partial charge in [0, 0.05) is 27.4 Å². The number of hydrogen-bond donors (Lipinski definition) is 1. The van der Waals surface area contributed by atoms with Crippen molar-refractivity contribution in [2.45, 2.75) is 37.0 Å². The summed E-state index contributed by atoms with van der Waals surface area (Å²) in [5, 5.41) is 3.51. The van der Waals surface area contributed by atoms with Gasteiger partial charge in [-0.25, -0.2) is 0 Å². The predicted molar refractivity (Wildman–Crippen MR) is 94.6 cm³/mol. The van der Waals surface area contributed by atoms with Crippen LogP contribution in [-0.4, -0.2) is 11.5 Å². The first kappa shape index (κ1) is 16.5. The Morgan fingerprint density at radius 2 is 1.95 bits per heavy atom. The highest BCUT2D eigenvalue weighted by Crippen LogP contribution is 2.24. The van der Waals surface area contributed by atoms with Crippen LogP contribution in [0.2, 0.25) is 0 Å². The molecule has 1 N–H and O–H groups in total. The Bertz CT molecular complexity index is 540. The summed E-state index contributed by atoms with van der Waals surface area (Å²) in [6, 6.07) is 13.3. The molecule has 0 saturated heterocycles. The van der Waals surface area contributed by atoms with Crippen LogP contribution in [0.5, 0.6) is 0 Å². The number of nitrogens with zero attached hydrogens (tertiary/aromatic N) is 1. The highest BCUT2D eigenvalue weighted by atomic mass is 79.9. The van der Waals surface area contributed by atoms with Crippen LogP contribution >= 0.6 is 27.7 Å². The summed E-state index contributed by atoms with van der Waals surface area (Å²) >= 11 is 5.22. The molecule has 0 amide bonds. The second kappa shape index (κ2) is 8.57. The van der Waals surface area contributed by atoms with Gasteiger partial charge in [0.2, 0.25) is 0 Å². The van der Waals surface area contributed by atoms with Gasteiger partial charge in [-0.15, -0.1) is 11.8 Å². The van der Waals surface area contributed by atoms with E-state index in [0.29, 0.717) is 6.04 Å². The van der Waals surface area contributed by atoms with Crippen molar-refractivity contribution < 1.29 is 0 Å². The molecule has 0 aliphatic carbocycles. The maximum Gasteiger partial charge on any atom is 0.0507 e. The minimum atomic E-state index is 0.414. The van der Waals surface area contributed by atoms with Crippen molar-refractivity contribution >= 4 is 27.7 Å². The molecule has 0 bridgehead atoms. The zero-order chi connectivity index (χ0) is 15.1. The summed E-state index contributed by atoms with van der Waals surface area (Å²) in [4.78, 5) is 5.68. The number of thioether (sulfide) groups is 1. The molecule has 2 aromatic rings. The lowest BCUT2D eigenvalue weighted by Crippen LogP contribution is -2.19. The molecule has 0 saturated carbocycles. The van der Waals surface area contributed by atoms with Gasteiger partial charge in [-0.05, 0) is 65.6 Å². The summed E-state index contributed by atoms with van der Waals surface area (Å²) in [6.07, 6.45) is 3.01. The van der Waals surface area contributed by atoms with Crippen LogP contribution in [0, 0.1) is 0 Å². The lowest BCUT2D eigenvalue weighted by molar-refractivity contribution is 0.570. The maximum absolute atomic E-state index is 4.40. The van der Waals surface area contributed by atoms with Crippen molar-refractivity contribution in [2.24, 2.45) is 0 Å². The molecule has 0 aliphatic rings. The van der Waals surface area contributed by atoms with Gasteiger partial charge < -0.3 is 5.32 Å². The minimum Gasteiger partial charge on any atom is -0.310 e. The number of hydrogen-bond acceptors (Lipinski definition) is 3. The number of aromatic nitrogens is 1. The first-order valence-electron chi connectivity index (χ1n) is 7.25. The molecule has 1 aromatic heterocycles. The van der Waals surface area contributed by atoms with Crippen molar-refractivity contribution in [3.8, 4) is 0 Å². The van der Waals surface area contributed by atoms with E-state index in [1.165, 1.54) is 16.9 Å². The fraction of sp³-hybridized carbons (Fsp3) is 0.353. The Morgan fingerprint density at radius 1 is 1.19 bits per heavy atom. The van der Waals surface area contributed by atoms with Crippen LogP contribution in [0.25, 0.3) is 0 Å². The SMILES string of the molecule is CCCNC(C)c1ccc(SCc2ccc(Br)cn2)cc1. The molecule has 0 fully saturated rings. The molecule has 4 heteroatoms. The van der Waals surface area contributed by atoms with E-state index in [4.69, 9.17) is 0 Å². The summed E-state index contributed by atoms with van der Waals surface area (Å²) < 4.78 is 1.02. The van der Waals surface area contributed by atoms with Crippen molar-refractivity contribution in [3.63, 3.8) is 0 Å². The third kappa shape index (κ3) is 5.46. The molecular formula is C17H21BrN2S. The molecule has 1 atom stereocenters. The van der Waals surface area contributed by atoms with Crippen molar-refractivity contribution in [3.05, 3.63) is 58.3 Å². The molecule has 0 aliphatic heterocycles. The van der Waals surface area contributed by atoms with E-state index in [-0.39, 0.29) is 0 Å². The molecule has 1 heterocycles. The summed E-state index contributed by atoms with van der Waals surface area (Å²) in [7, 11) is 0. The Kier molecular flexibility index (Phi) is 6.74.